The van der Waals surface area contributed by atoms with Crippen molar-refractivity contribution in [2.45, 2.75) is 0 Å². The van der Waals surface area contributed by atoms with Gasteiger partial charge in [0.1, 0.15) is 11.5 Å². The van der Waals surface area contributed by atoms with E-state index in [-0.39, 0.29) is 11.6 Å². The number of ether oxygens (including phenoxy) is 2. The summed E-state index contributed by atoms with van der Waals surface area (Å²) in [5.41, 5.74) is 5.32. The summed E-state index contributed by atoms with van der Waals surface area (Å²) in [6.07, 6.45) is 0. The van der Waals surface area contributed by atoms with E-state index in [0.29, 0.717) is 11.5 Å². The average Bonchev–Trinajstić information content (AvgIpc) is 2.76. The Bertz CT molecular complexity index is 536. The van der Waals surface area contributed by atoms with Gasteiger partial charge >= 0.3 is 5.97 Å². The van der Waals surface area contributed by atoms with Crippen molar-refractivity contribution >= 4 is 11.8 Å². The number of nitrogens with two attached hydrogens (primary N) is 1. The van der Waals surface area contributed by atoms with Gasteiger partial charge in [0.15, 0.2) is 5.82 Å². The first-order chi connectivity index (χ1) is 8.19. The van der Waals surface area contributed by atoms with Crippen LogP contribution in [-0.2, 0) is 0 Å². The van der Waals surface area contributed by atoms with Crippen LogP contribution in [0.25, 0.3) is 0 Å². The quantitative estimate of drug-likeness (QED) is 0.639. The molecule has 0 spiro atoms. The lowest BCUT2D eigenvalue weighted by Gasteiger charge is -2.03. The molecule has 6 nitrogen and oxygen atoms in total. The maximum Gasteiger partial charge on any atom is 0.382 e. The van der Waals surface area contributed by atoms with Crippen molar-refractivity contribution in [3.8, 4) is 11.5 Å². The third-order valence-electron chi connectivity index (χ3n) is 1.98. The van der Waals surface area contributed by atoms with Crippen molar-refractivity contribution in [1.29, 1.82) is 0 Å². The molecule has 0 saturated heterocycles. The summed E-state index contributed by atoms with van der Waals surface area (Å²) < 4.78 is 14.7. The highest BCUT2D eigenvalue weighted by Gasteiger charge is 2.14. The first-order valence-electron chi connectivity index (χ1n) is 4.77. The molecule has 17 heavy (non-hydrogen) atoms. The van der Waals surface area contributed by atoms with E-state index in [1.165, 1.54) is 13.2 Å². The second-order valence-electron chi connectivity index (χ2n) is 3.18. The number of benzene rings is 1. The van der Waals surface area contributed by atoms with Crippen LogP contribution >= 0.6 is 0 Å². The zero-order valence-electron chi connectivity index (χ0n) is 9.04. The second kappa shape index (κ2) is 4.56. The molecule has 0 saturated carbocycles. The van der Waals surface area contributed by atoms with Crippen LogP contribution in [0.1, 0.15) is 10.6 Å². The molecule has 1 heterocycles. The van der Waals surface area contributed by atoms with Crippen LogP contribution in [0.2, 0.25) is 0 Å². The van der Waals surface area contributed by atoms with Gasteiger partial charge in [0.25, 0.3) is 0 Å². The molecule has 0 aliphatic rings. The fourth-order valence-corrected chi connectivity index (χ4v) is 1.21. The highest BCUT2D eigenvalue weighted by atomic mass is 16.6. The Balaban J connectivity index is 2.12. The number of rotatable bonds is 3. The van der Waals surface area contributed by atoms with Gasteiger partial charge in [-0.1, -0.05) is 11.2 Å². The van der Waals surface area contributed by atoms with Crippen molar-refractivity contribution < 1.29 is 18.8 Å². The van der Waals surface area contributed by atoms with E-state index in [0.717, 1.165) is 0 Å². The topological polar surface area (TPSA) is 87.6 Å². The minimum Gasteiger partial charge on any atom is -0.497 e. The summed E-state index contributed by atoms with van der Waals surface area (Å²) in [6.45, 7) is 0. The minimum atomic E-state index is -0.664. The van der Waals surface area contributed by atoms with E-state index in [1.54, 1.807) is 24.3 Å². The summed E-state index contributed by atoms with van der Waals surface area (Å²) in [5.74, 6) is 0.354. The van der Waals surface area contributed by atoms with Gasteiger partial charge in [0.05, 0.1) is 7.11 Å². The van der Waals surface area contributed by atoms with Crippen molar-refractivity contribution in [3.05, 3.63) is 36.1 Å². The third-order valence-corrected chi connectivity index (χ3v) is 1.98. The SMILES string of the molecule is COc1cccc(OC(=O)c2cc(N)no2)c1. The molecule has 88 valence electrons. The Hall–Kier alpha value is -2.50. The number of esters is 1. The van der Waals surface area contributed by atoms with Gasteiger partial charge in [0, 0.05) is 12.1 Å². The van der Waals surface area contributed by atoms with Crippen molar-refractivity contribution in [2.24, 2.45) is 0 Å². The lowest BCUT2D eigenvalue weighted by atomic mass is 10.3. The van der Waals surface area contributed by atoms with Crippen molar-refractivity contribution in [3.63, 3.8) is 0 Å². The summed E-state index contributed by atoms with van der Waals surface area (Å²) in [6, 6.07) is 7.94. The molecule has 1 aromatic heterocycles. The van der Waals surface area contributed by atoms with Gasteiger partial charge in [-0.15, -0.1) is 0 Å². The van der Waals surface area contributed by atoms with E-state index in [2.05, 4.69) is 9.68 Å². The molecule has 2 N–H and O–H groups in total. The number of hydrogen-bond donors (Lipinski definition) is 1. The van der Waals surface area contributed by atoms with E-state index in [9.17, 15) is 4.79 Å². The Morgan fingerprint density at radius 1 is 1.35 bits per heavy atom. The molecule has 6 heteroatoms. The highest BCUT2D eigenvalue weighted by Crippen LogP contribution is 2.20. The number of nitrogen functional groups attached to an aromatic ring is 1. The summed E-state index contributed by atoms with van der Waals surface area (Å²) in [4.78, 5) is 11.6. The van der Waals surface area contributed by atoms with E-state index >= 15 is 0 Å². The summed E-state index contributed by atoms with van der Waals surface area (Å²) in [7, 11) is 1.53. The zero-order valence-corrected chi connectivity index (χ0v) is 9.04. The molecular weight excluding hydrogens is 224 g/mol. The smallest absolute Gasteiger partial charge is 0.382 e. The van der Waals surface area contributed by atoms with Crippen LogP contribution in [0, 0.1) is 0 Å². The number of nitrogens with zero attached hydrogens (tertiary/aromatic N) is 1. The van der Waals surface area contributed by atoms with Gasteiger partial charge in [-0.2, -0.15) is 0 Å². The lowest BCUT2D eigenvalue weighted by molar-refractivity contribution is 0.0691. The monoisotopic (exact) mass is 234 g/mol. The van der Waals surface area contributed by atoms with Gasteiger partial charge in [0.2, 0.25) is 5.76 Å². The zero-order chi connectivity index (χ0) is 12.3. The summed E-state index contributed by atoms with van der Waals surface area (Å²) >= 11 is 0. The molecule has 0 fully saturated rings. The first-order valence-corrected chi connectivity index (χ1v) is 4.77. The van der Waals surface area contributed by atoms with Crippen LogP contribution in [0.3, 0.4) is 0 Å². The van der Waals surface area contributed by atoms with Gasteiger partial charge in [-0.05, 0) is 12.1 Å². The predicted molar refractivity (Wildman–Crippen MR) is 58.9 cm³/mol. The number of carbonyl (C=O) groups excluding carboxylic acids is 1. The molecule has 2 aromatic rings. The lowest BCUT2D eigenvalue weighted by Crippen LogP contribution is -2.07. The Kier molecular flexibility index (Phi) is 2.95. The van der Waals surface area contributed by atoms with Crippen molar-refractivity contribution in [1.82, 2.24) is 5.16 Å². The van der Waals surface area contributed by atoms with Gasteiger partial charge < -0.3 is 19.7 Å². The average molecular weight is 234 g/mol. The Morgan fingerprint density at radius 3 is 2.76 bits per heavy atom. The molecule has 0 radical (unpaired) electrons. The van der Waals surface area contributed by atoms with Crippen LogP contribution in [-0.4, -0.2) is 18.2 Å². The standard InChI is InChI=1S/C11H10N2O4/c1-15-7-3-2-4-8(5-7)16-11(14)9-6-10(12)13-17-9/h2-6H,1H3,(H2,12,13). The Labute approximate surface area is 96.9 Å². The molecule has 2 rings (SSSR count). The number of carbonyl (C=O) groups is 1. The number of aromatic nitrogens is 1. The van der Waals surface area contributed by atoms with Gasteiger partial charge in [-0.3, -0.25) is 0 Å². The largest absolute Gasteiger partial charge is 0.497 e. The molecule has 0 amide bonds. The molecular formula is C11H10N2O4. The molecule has 0 aliphatic carbocycles. The number of hydrogen-bond acceptors (Lipinski definition) is 6. The predicted octanol–water partition coefficient (Wildman–Crippen LogP) is 1.48. The van der Waals surface area contributed by atoms with E-state index < -0.39 is 5.97 Å². The molecule has 0 aliphatic heterocycles. The second-order valence-corrected chi connectivity index (χ2v) is 3.18. The maximum atomic E-state index is 11.6. The van der Waals surface area contributed by atoms with Crippen LogP contribution in [0.5, 0.6) is 11.5 Å². The van der Waals surface area contributed by atoms with Crippen molar-refractivity contribution in [2.75, 3.05) is 12.8 Å². The number of methoxy groups -OCH3 is 1. The maximum absolute atomic E-state index is 11.6. The fourth-order valence-electron chi connectivity index (χ4n) is 1.21. The summed E-state index contributed by atoms with van der Waals surface area (Å²) in [5, 5.41) is 3.39. The highest BCUT2D eigenvalue weighted by molar-refractivity contribution is 5.88. The van der Waals surface area contributed by atoms with E-state index in [4.69, 9.17) is 15.2 Å². The number of anilines is 1. The Morgan fingerprint density at radius 2 is 2.12 bits per heavy atom. The van der Waals surface area contributed by atoms with E-state index in [1.807, 2.05) is 0 Å². The molecule has 0 unspecified atom stereocenters. The van der Waals surface area contributed by atoms with Gasteiger partial charge in [-0.25, -0.2) is 4.79 Å². The van der Waals surface area contributed by atoms with Crippen LogP contribution < -0.4 is 15.2 Å². The van der Waals surface area contributed by atoms with Crippen LogP contribution in [0.4, 0.5) is 5.82 Å². The molecule has 0 bridgehead atoms. The molecule has 0 atom stereocenters. The fraction of sp³-hybridized carbons (Fsp3) is 0.0909. The first kappa shape index (κ1) is 11.0. The third kappa shape index (κ3) is 2.54. The normalized spacial score (nSPS) is 9.94. The molecule has 1 aromatic carbocycles. The van der Waals surface area contributed by atoms with Crippen LogP contribution in [0.15, 0.2) is 34.9 Å². The minimum absolute atomic E-state index is 0.0506.